The van der Waals surface area contributed by atoms with E-state index in [-0.39, 0.29) is 17.5 Å². The molecule has 5 rings (SSSR count). The van der Waals surface area contributed by atoms with Crippen molar-refractivity contribution >= 4 is 34.5 Å². The lowest BCUT2D eigenvalue weighted by atomic mass is 9.92. The Hall–Kier alpha value is -4.23. The zero-order valence-corrected chi connectivity index (χ0v) is 21.1. The summed E-state index contributed by atoms with van der Waals surface area (Å²) in [5.41, 5.74) is 3.76. The lowest BCUT2D eigenvalue weighted by molar-refractivity contribution is 0.0572. The number of hydrogen-bond donors (Lipinski definition) is 2. The van der Waals surface area contributed by atoms with E-state index in [1.165, 1.54) is 23.4 Å². The largest absolute Gasteiger partial charge is 0.496 e. The zero-order valence-electron chi connectivity index (χ0n) is 20.3. The van der Waals surface area contributed by atoms with Crippen LogP contribution in [0, 0.1) is 30.0 Å². The SMILES string of the molecule is COc1c(C(C)Nc2ncnc3nc[nH]c23)cc(Cl)c(C)c1-c1ccc(C(=O)N2CC(C#N)C2)c(F)c1. The first-order chi connectivity index (χ1) is 17.8. The number of halogens is 2. The molecule has 0 aliphatic carbocycles. The molecule has 2 aromatic heterocycles. The van der Waals surface area contributed by atoms with E-state index in [2.05, 4.69) is 31.3 Å². The lowest BCUT2D eigenvalue weighted by Crippen LogP contribution is -2.49. The van der Waals surface area contributed by atoms with E-state index < -0.39 is 11.7 Å². The molecule has 1 unspecified atom stereocenters. The summed E-state index contributed by atoms with van der Waals surface area (Å²) >= 11 is 6.63. The number of amides is 1. The summed E-state index contributed by atoms with van der Waals surface area (Å²) in [6.45, 7) is 4.38. The van der Waals surface area contributed by atoms with Crippen molar-refractivity contribution in [3.05, 3.63) is 64.5 Å². The third-order valence-corrected chi connectivity index (χ3v) is 6.98. The number of nitrogens with zero attached hydrogens (tertiary/aromatic N) is 5. The van der Waals surface area contributed by atoms with E-state index in [1.54, 1.807) is 19.5 Å². The average Bonchev–Trinajstić information content (AvgIpc) is 3.34. The Balaban J connectivity index is 1.51. The molecule has 0 radical (unpaired) electrons. The Labute approximate surface area is 217 Å². The summed E-state index contributed by atoms with van der Waals surface area (Å²) in [7, 11) is 1.55. The minimum Gasteiger partial charge on any atom is -0.496 e. The fourth-order valence-electron chi connectivity index (χ4n) is 4.53. The molecule has 188 valence electrons. The van der Waals surface area contributed by atoms with E-state index in [1.807, 2.05) is 19.9 Å². The number of carbonyl (C=O) groups is 1. The number of H-pyrrole nitrogens is 1. The van der Waals surface area contributed by atoms with Crippen molar-refractivity contribution in [2.45, 2.75) is 19.9 Å². The van der Waals surface area contributed by atoms with Crippen LogP contribution >= 0.6 is 11.6 Å². The Bertz CT molecular complexity index is 1560. The van der Waals surface area contributed by atoms with Crippen LogP contribution in [-0.2, 0) is 0 Å². The second-order valence-electron chi connectivity index (χ2n) is 8.90. The Morgan fingerprint density at radius 1 is 1.32 bits per heavy atom. The number of rotatable bonds is 6. The monoisotopic (exact) mass is 519 g/mol. The van der Waals surface area contributed by atoms with E-state index >= 15 is 4.39 Å². The number of ether oxygens (including phenoxy) is 1. The van der Waals surface area contributed by atoms with Crippen molar-refractivity contribution in [1.29, 1.82) is 5.26 Å². The number of hydrogen-bond acceptors (Lipinski definition) is 7. The van der Waals surface area contributed by atoms with Crippen molar-refractivity contribution in [2.24, 2.45) is 5.92 Å². The molecule has 1 aliphatic rings. The fourth-order valence-corrected chi connectivity index (χ4v) is 4.74. The second-order valence-corrected chi connectivity index (χ2v) is 9.31. The topological polar surface area (TPSA) is 120 Å². The molecule has 9 nitrogen and oxygen atoms in total. The van der Waals surface area contributed by atoms with Crippen LogP contribution in [0.3, 0.4) is 0 Å². The van der Waals surface area contributed by atoms with Crippen LogP contribution in [0.15, 0.2) is 36.9 Å². The molecule has 0 spiro atoms. The van der Waals surface area contributed by atoms with Gasteiger partial charge in [-0.1, -0.05) is 17.7 Å². The number of aromatic amines is 1. The van der Waals surface area contributed by atoms with Crippen molar-refractivity contribution < 1.29 is 13.9 Å². The molecule has 1 saturated heterocycles. The highest BCUT2D eigenvalue weighted by Gasteiger charge is 2.32. The van der Waals surface area contributed by atoms with E-state index in [9.17, 15) is 4.79 Å². The molecule has 0 bridgehead atoms. The number of benzene rings is 2. The minimum absolute atomic E-state index is 0.0404. The molecule has 0 saturated carbocycles. The number of fused-ring (bicyclic) bond motifs is 1. The van der Waals surface area contributed by atoms with Gasteiger partial charge in [-0.25, -0.2) is 19.3 Å². The molecular weight excluding hydrogens is 497 g/mol. The van der Waals surface area contributed by atoms with Crippen LogP contribution in [0.4, 0.5) is 10.2 Å². The Kier molecular flexibility index (Phi) is 6.39. The molecular formula is C26H23ClFN7O2. The van der Waals surface area contributed by atoms with Crippen LogP contribution in [-0.4, -0.2) is 50.9 Å². The quantitative estimate of drug-likeness (QED) is 0.372. The van der Waals surface area contributed by atoms with Crippen LogP contribution in [0.25, 0.3) is 22.3 Å². The zero-order chi connectivity index (χ0) is 26.3. The maximum absolute atomic E-state index is 15.2. The van der Waals surface area contributed by atoms with Gasteiger partial charge in [0.25, 0.3) is 5.91 Å². The highest BCUT2D eigenvalue weighted by molar-refractivity contribution is 6.32. The van der Waals surface area contributed by atoms with Crippen molar-refractivity contribution in [3.8, 4) is 22.9 Å². The maximum Gasteiger partial charge on any atom is 0.256 e. The van der Waals surface area contributed by atoms with Crippen molar-refractivity contribution in [1.82, 2.24) is 24.8 Å². The number of nitrogens with one attached hydrogen (secondary N) is 2. The third kappa shape index (κ3) is 4.32. The predicted octanol–water partition coefficient (Wildman–Crippen LogP) is 4.90. The van der Waals surface area contributed by atoms with E-state index in [0.29, 0.717) is 57.5 Å². The number of carbonyl (C=O) groups excluding carboxylic acids is 1. The van der Waals surface area contributed by atoms with Gasteiger partial charge in [-0.15, -0.1) is 0 Å². The normalized spacial score (nSPS) is 14.2. The fraction of sp³-hybridized carbons (Fsp3) is 0.269. The Morgan fingerprint density at radius 3 is 2.81 bits per heavy atom. The predicted molar refractivity (Wildman–Crippen MR) is 137 cm³/mol. The van der Waals surface area contributed by atoms with Crippen LogP contribution in [0.5, 0.6) is 5.75 Å². The lowest BCUT2D eigenvalue weighted by Gasteiger charge is -2.35. The van der Waals surface area contributed by atoms with Crippen molar-refractivity contribution in [2.75, 3.05) is 25.5 Å². The van der Waals surface area contributed by atoms with Gasteiger partial charge in [-0.3, -0.25) is 4.79 Å². The van der Waals surface area contributed by atoms with Crippen LogP contribution in [0.2, 0.25) is 5.02 Å². The molecule has 1 aliphatic heterocycles. The highest BCUT2D eigenvalue weighted by atomic mass is 35.5. The van der Waals surface area contributed by atoms with Gasteiger partial charge in [0.1, 0.15) is 23.4 Å². The molecule has 1 fully saturated rings. The summed E-state index contributed by atoms with van der Waals surface area (Å²) in [6, 6.07) is 8.08. The molecule has 37 heavy (non-hydrogen) atoms. The number of imidazole rings is 1. The molecule has 1 atom stereocenters. The number of methoxy groups -OCH3 is 1. The smallest absolute Gasteiger partial charge is 0.256 e. The first-order valence-electron chi connectivity index (χ1n) is 11.6. The van der Waals surface area contributed by atoms with E-state index in [4.69, 9.17) is 21.6 Å². The van der Waals surface area contributed by atoms with Gasteiger partial charge in [0.05, 0.1) is 37.0 Å². The van der Waals surface area contributed by atoms with Gasteiger partial charge in [-0.2, -0.15) is 5.26 Å². The Morgan fingerprint density at radius 2 is 2.11 bits per heavy atom. The van der Waals surface area contributed by atoms with Gasteiger partial charge in [0.15, 0.2) is 11.5 Å². The van der Waals surface area contributed by atoms with Crippen LogP contribution < -0.4 is 10.1 Å². The van der Waals surface area contributed by atoms with Gasteiger partial charge in [-0.05, 0) is 43.2 Å². The van der Waals surface area contributed by atoms with Gasteiger partial charge >= 0.3 is 0 Å². The first kappa shape index (κ1) is 24.5. The van der Waals surface area contributed by atoms with Gasteiger partial charge < -0.3 is 19.9 Å². The standard InChI is InChI=1S/C26H23ClFN7O2/c1-13-19(27)7-18(14(2)34-25-22-24(31-11-30-22)32-12-33-25)23(37-3)21(13)16-4-5-17(20(28)6-16)26(36)35-9-15(8-29)10-35/h4-7,11-12,14-15H,9-10H2,1-3H3,(H2,30,31,32,33,34). The summed E-state index contributed by atoms with van der Waals surface area (Å²) < 4.78 is 21.0. The molecule has 11 heteroatoms. The highest BCUT2D eigenvalue weighted by Crippen LogP contribution is 2.43. The second kappa shape index (κ2) is 9.67. The van der Waals surface area contributed by atoms with Gasteiger partial charge in [0.2, 0.25) is 0 Å². The average molecular weight is 520 g/mol. The number of nitriles is 1. The van der Waals surface area contributed by atoms with Crippen LogP contribution in [0.1, 0.15) is 34.5 Å². The molecule has 2 aromatic carbocycles. The minimum atomic E-state index is -0.653. The van der Waals surface area contributed by atoms with E-state index in [0.717, 1.165) is 5.56 Å². The molecule has 4 aromatic rings. The van der Waals surface area contributed by atoms with Gasteiger partial charge in [0, 0.05) is 29.2 Å². The summed E-state index contributed by atoms with van der Waals surface area (Å²) in [6.07, 6.45) is 2.97. The summed E-state index contributed by atoms with van der Waals surface area (Å²) in [4.78, 5) is 29.8. The summed E-state index contributed by atoms with van der Waals surface area (Å²) in [5, 5.41) is 12.8. The summed E-state index contributed by atoms with van der Waals surface area (Å²) in [5.74, 6) is -0.201. The molecule has 3 heterocycles. The number of likely N-dealkylation sites (tertiary alicyclic amines) is 1. The molecule has 1 amide bonds. The third-order valence-electron chi connectivity index (χ3n) is 6.59. The first-order valence-corrected chi connectivity index (χ1v) is 12.0. The molecule has 2 N–H and O–H groups in total. The number of aromatic nitrogens is 4. The van der Waals surface area contributed by atoms with Crippen molar-refractivity contribution in [3.63, 3.8) is 0 Å². The number of anilines is 1. The maximum atomic E-state index is 15.2.